The summed E-state index contributed by atoms with van der Waals surface area (Å²) in [5, 5.41) is 14.5. The molecule has 7 nitrogen and oxygen atoms in total. The molecule has 1 aliphatic heterocycles. The Bertz CT molecular complexity index is 547. The van der Waals surface area contributed by atoms with E-state index in [9.17, 15) is 14.9 Å². The molecule has 1 fully saturated rings. The zero-order chi connectivity index (χ0) is 15.4. The summed E-state index contributed by atoms with van der Waals surface area (Å²) < 4.78 is 0. The predicted octanol–water partition coefficient (Wildman–Crippen LogP) is 1.73. The van der Waals surface area contributed by atoms with Crippen LogP contribution in [0.25, 0.3) is 0 Å². The zero-order valence-corrected chi connectivity index (χ0v) is 12.0. The fourth-order valence-corrected chi connectivity index (χ4v) is 2.59. The van der Waals surface area contributed by atoms with Crippen LogP contribution in [0.15, 0.2) is 18.2 Å². The van der Waals surface area contributed by atoms with Crippen LogP contribution < -0.4 is 16.0 Å². The van der Waals surface area contributed by atoms with Crippen molar-refractivity contribution in [3.63, 3.8) is 0 Å². The van der Waals surface area contributed by atoms with Gasteiger partial charge in [-0.1, -0.05) is 13.0 Å². The molecule has 0 aliphatic carbocycles. The van der Waals surface area contributed by atoms with Crippen LogP contribution in [-0.4, -0.2) is 30.5 Å². The van der Waals surface area contributed by atoms with Gasteiger partial charge in [-0.05, 0) is 25.0 Å². The number of rotatable bonds is 6. The number of anilines is 2. The summed E-state index contributed by atoms with van der Waals surface area (Å²) in [6.45, 7) is 3.72. The number of primary amides is 1. The molecule has 1 aromatic carbocycles. The van der Waals surface area contributed by atoms with Gasteiger partial charge in [-0.15, -0.1) is 0 Å². The second kappa shape index (κ2) is 6.43. The maximum Gasteiger partial charge on any atom is 0.315 e. The lowest BCUT2D eigenvalue weighted by Crippen LogP contribution is -2.27. The highest BCUT2D eigenvalue weighted by atomic mass is 16.6. The van der Waals surface area contributed by atoms with Crippen molar-refractivity contribution in [1.29, 1.82) is 0 Å². The number of amides is 1. The fourth-order valence-electron chi connectivity index (χ4n) is 2.59. The van der Waals surface area contributed by atoms with E-state index in [2.05, 4.69) is 5.32 Å². The number of hydrogen-bond donors (Lipinski definition) is 2. The molecule has 0 spiro atoms. The lowest BCUT2D eigenvalue weighted by atomic mass is 10.1. The molecule has 1 heterocycles. The van der Waals surface area contributed by atoms with Gasteiger partial charge in [0.1, 0.15) is 11.4 Å². The lowest BCUT2D eigenvalue weighted by Gasteiger charge is -2.19. The van der Waals surface area contributed by atoms with Crippen molar-refractivity contribution < 1.29 is 9.72 Å². The highest BCUT2D eigenvalue weighted by Crippen LogP contribution is 2.37. The molecule has 1 aliphatic rings. The van der Waals surface area contributed by atoms with Gasteiger partial charge in [0.25, 0.3) is 0 Å². The minimum atomic E-state index is -0.370. The molecule has 1 atom stereocenters. The van der Waals surface area contributed by atoms with Gasteiger partial charge < -0.3 is 16.0 Å². The van der Waals surface area contributed by atoms with Crippen LogP contribution in [0.2, 0.25) is 0 Å². The number of nitrogens with one attached hydrogen (secondary N) is 1. The number of nitro groups is 1. The highest BCUT2D eigenvalue weighted by Gasteiger charge is 2.31. The first-order valence-electron chi connectivity index (χ1n) is 7.10. The van der Waals surface area contributed by atoms with Crippen molar-refractivity contribution in [2.24, 2.45) is 11.7 Å². The molecule has 2 rings (SSSR count). The first kappa shape index (κ1) is 15.1. The van der Waals surface area contributed by atoms with Gasteiger partial charge >= 0.3 is 5.69 Å². The number of nitrogens with two attached hydrogens (primary N) is 1. The Kier molecular flexibility index (Phi) is 4.62. The van der Waals surface area contributed by atoms with E-state index in [1.807, 2.05) is 11.8 Å². The summed E-state index contributed by atoms with van der Waals surface area (Å²) >= 11 is 0. The van der Waals surface area contributed by atoms with Gasteiger partial charge in [0, 0.05) is 19.6 Å². The maximum atomic E-state index is 11.4. The van der Waals surface area contributed by atoms with Crippen molar-refractivity contribution in [3.8, 4) is 0 Å². The molecule has 7 heteroatoms. The van der Waals surface area contributed by atoms with E-state index in [0.717, 1.165) is 6.42 Å². The van der Waals surface area contributed by atoms with Crippen LogP contribution in [0.4, 0.5) is 17.1 Å². The van der Waals surface area contributed by atoms with Crippen molar-refractivity contribution in [3.05, 3.63) is 28.3 Å². The van der Waals surface area contributed by atoms with Crippen LogP contribution >= 0.6 is 0 Å². The molecule has 1 saturated heterocycles. The third kappa shape index (κ3) is 3.24. The second-order valence-corrected chi connectivity index (χ2v) is 5.19. The maximum absolute atomic E-state index is 11.4. The Morgan fingerprint density at radius 2 is 2.33 bits per heavy atom. The number of benzene rings is 1. The van der Waals surface area contributed by atoms with Crippen molar-refractivity contribution in [1.82, 2.24) is 0 Å². The lowest BCUT2D eigenvalue weighted by molar-refractivity contribution is -0.383. The Balaban J connectivity index is 2.31. The molecular weight excluding hydrogens is 272 g/mol. The summed E-state index contributed by atoms with van der Waals surface area (Å²) in [5.74, 6) is -0.586. The van der Waals surface area contributed by atoms with E-state index in [1.165, 1.54) is 0 Å². The van der Waals surface area contributed by atoms with E-state index in [-0.39, 0.29) is 22.4 Å². The van der Waals surface area contributed by atoms with Gasteiger partial charge in [-0.3, -0.25) is 14.9 Å². The number of hydrogen-bond acceptors (Lipinski definition) is 5. The van der Waals surface area contributed by atoms with Gasteiger partial charge in [-0.25, -0.2) is 0 Å². The number of carbonyl (C=O) groups is 1. The molecular formula is C14H20N4O3. The Morgan fingerprint density at radius 3 is 2.90 bits per heavy atom. The molecule has 114 valence electrons. The Hall–Kier alpha value is -2.31. The molecule has 21 heavy (non-hydrogen) atoms. The van der Waals surface area contributed by atoms with E-state index < -0.39 is 0 Å². The zero-order valence-electron chi connectivity index (χ0n) is 12.0. The minimum absolute atomic E-state index is 0.0658. The molecule has 1 unspecified atom stereocenters. The van der Waals surface area contributed by atoms with Crippen molar-refractivity contribution in [2.45, 2.75) is 19.8 Å². The second-order valence-electron chi connectivity index (χ2n) is 5.19. The monoisotopic (exact) mass is 292 g/mol. The Morgan fingerprint density at radius 1 is 1.57 bits per heavy atom. The molecule has 1 aromatic rings. The molecule has 0 aromatic heterocycles. The molecule has 0 saturated carbocycles. The molecule has 3 N–H and O–H groups in total. The SMILES string of the molecule is CCCNc1cccc(N2CCC(C(N)=O)C2)c1[N+](=O)[O-]. The van der Waals surface area contributed by atoms with Crippen molar-refractivity contribution >= 4 is 23.0 Å². The molecule has 0 bridgehead atoms. The number of nitro benzene ring substituents is 1. The van der Waals surface area contributed by atoms with Gasteiger partial charge in [0.15, 0.2) is 0 Å². The van der Waals surface area contributed by atoms with E-state index >= 15 is 0 Å². The van der Waals surface area contributed by atoms with Gasteiger partial charge in [0.05, 0.1) is 10.8 Å². The summed E-state index contributed by atoms with van der Waals surface area (Å²) in [5.41, 5.74) is 6.45. The smallest absolute Gasteiger partial charge is 0.315 e. The van der Waals surface area contributed by atoms with E-state index in [4.69, 9.17) is 5.73 Å². The standard InChI is InChI=1S/C14H20N4O3/c1-2-7-16-11-4-3-5-12(13(11)18(20)21)17-8-6-10(9-17)14(15)19/h3-5,10,16H,2,6-9H2,1H3,(H2,15,19). The van der Waals surface area contributed by atoms with Gasteiger partial charge in [0.2, 0.25) is 5.91 Å². The quantitative estimate of drug-likeness (QED) is 0.614. The predicted molar refractivity (Wildman–Crippen MR) is 81.4 cm³/mol. The third-order valence-corrected chi connectivity index (χ3v) is 3.69. The van der Waals surface area contributed by atoms with Crippen LogP contribution in [0, 0.1) is 16.0 Å². The fraction of sp³-hybridized carbons (Fsp3) is 0.500. The van der Waals surface area contributed by atoms with Crippen molar-refractivity contribution in [2.75, 3.05) is 29.9 Å². The highest BCUT2D eigenvalue weighted by molar-refractivity contribution is 5.81. The summed E-state index contributed by atoms with van der Waals surface area (Å²) in [7, 11) is 0. The number of para-hydroxylation sites is 1. The van der Waals surface area contributed by atoms with Crippen LogP contribution in [-0.2, 0) is 4.79 Å². The Labute approximate surface area is 123 Å². The molecule has 0 radical (unpaired) electrons. The topological polar surface area (TPSA) is 102 Å². The van der Waals surface area contributed by atoms with Crippen LogP contribution in [0.5, 0.6) is 0 Å². The molecule has 1 amide bonds. The first-order chi connectivity index (χ1) is 10.0. The first-order valence-corrected chi connectivity index (χ1v) is 7.10. The van der Waals surface area contributed by atoms with E-state index in [1.54, 1.807) is 18.2 Å². The number of carbonyl (C=O) groups excluding carboxylic acids is 1. The van der Waals surface area contributed by atoms with E-state index in [0.29, 0.717) is 37.4 Å². The minimum Gasteiger partial charge on any atom is -0.379 e. The van der Waals surface area contributed by atoms with Crippen LogP contribution in [0.3, 0.4) is 0 Å². The summed E-state index contributed by atoms with van der Waals surface area (Å²) in [6, 6.07) is 5.22. The van der Waals surface area contributed by atoms with Gasteiger partial charge in [-0.2, -0.15) is 0 Å². The van der Waals surface area contributed by atoms with Crippen LogP contribution in [0.1, 0.15) is 19.8 Å². The average molecular weight is 292 g/mol. The number of nitrogens with zero attached hydrogens (tertiary/aromatic N) is 2. The summed E-state index contributed by atoms with van der Waals surface area (Å²) in [4.78, 5) is 24.2. The largest absolute Gasteiger partial charge is 0.379 e. The third-order valence-electron chi connectivity index (χ3n) is 3.69. The normalized spacial score (nSPS) is 17.8. The summed E-state index contributed by atoms with van der Waals surface area (Å²) in [6.07, 6.45) is 1.52. The average Bonchev–Trinajstić information content (AvgIpc) is 2.94.